The molecule has 1 heterocycles. The Labute approximate surface area is 101 Å². The third-order valence-corrected chi connectivity index (χ3v) is 5.26. The lowest BCUT2D eigenvalue weighted by atomic mass is 9.74. The van der Waals surface area contributed by atoms with Crippen LogP contribution in [0.2, 0.25) is 0 Å². The molecule has 1 atom stereocenters. The van der Waals surface area contributed by atoms with Gasteiger partial charge in [-0.3, -0.25) is 4.90 Å². The van der Waals surface area contributed by atoms with E-state index in [2.05, 4.69) is 37.9 Å². The molecular formula is C14H28N2. The summed E-state index contributed by atoms with van der Waals surface area (Å²) in [5.41, 5.74) is 0.891. The molecule has 1 saturated heterocycles. The summed E-state index contributed by atoms with van der Waals surface area (Å²) in [6.45, 7) is 11.9. The molecule has 1 aliphatic heterocycles. The van der Waals surface area contributed by atoms with Gasteiger partial charge < -0.3 is 5.32 Å². The summed E-state index contributed by atoms with van der Waals surface area (Å²) in [5.74, 6) is 0. The van der Waals surface area contributed by atoms with Crippen molar-refractivity contribution in [2.24, 2.45) is 0 Å². The SMILES string of the molecule is CCC1(CC)CN(C2(C)CCC2)C(C)CN1. The molecule has 1 N–H and O–H groups in total. The van der Waals surface area contributed by atoms with Gasteiger partial charge in [-0.25, -0.2) is 0 Å². The fourth-order valence-corrected chi connectivity index (χ4v) is 3.43. The molecular weight excluding hydrogens is 196 g/mol. The van der Waals surface area contributed by atoms with Gasteiger partial charge in [0.15, 0.2) is 0 Å². The van der Waals surface area contributed by atoms with Crippen molar-refractivity contribution in [2.45, 2.75) is 76.9 Å². The molecule has 94 valence electrons. The Hall–Kier alpha value is -0.0800. The summed E-state index contributed by atoms with van der Waals surface area (Å²) in [6.07, 6.45) is 6.74. The van der Waals surface area contributed by atoms with Crippen LogP contribution in [0.1, 0.15) is 59.8 Å². The first-order chi connectivity index (χ1) is 7.55. The average Bonchev–Trinajstić information content (AvgIpc) is 2.27. The smallest absolute Gasteiger partial charge is 0.0304 e. The van der Waals surface area contributed by atoms with Gasteiger partial charge >= 0.3 is 0 Å². The van der Waals surface area contributed by atoms with Crippen LogP contribution in [0.4, 0.5) is 0 Å². The maximum absolute atomic E-state index is 3.79. The predicted octanol–water partition coefficient (Wildman–Crippen LogP) is 2.78. The Balaban J connectivity index is 2.11. The summed E-state index contributed by atoms with van der Waals surface area (Å²) in [7, 11) is 0. The van der Waals surface area contributed by atoms with Crippen LogP contribution in [-0.2, 0) is 0 Å². The Morgan fingerprint density at radius 2 is 1.88 bits per heavy atom. The first kappa shape index (κ1) is 12.4. The molecule has 16 heavy (non-hydrogen) atoms. The summed E-state index contributed by atoms with van der Waals surface area (Å²) >= 11 is 0. The predicted molar refractivity (Wildman–Crippen MR) is 69.7 cm³/mol. The van der Waals surface area contributed by atoms with E-state index < -0.39 is 0 Å². The minimum absolute atomic E-state index is 0.380. The van der Waals surface area contributed by atoms with E-state index in [1.165, 1.54) is 38.6 Å². The maximum Gasteiger partial charge on any atom is 0.0304 e. The number of nitrogens with zero attached hydrogens (tertiary/aromatic N) is 1. The number of piperazine rings is 1. The largest absolute Gasteiger partial charge is 0.308 e. The molecule has 0 bridgehead atoms. The second kappa shape index (κ2) is 4.30. The van der Waals surface area contributed by atoms with Crippen LogP contribution in [0.15, 0.2) is 0 Å². The van der Waals surface area contributed by atoms with Gasteiger partial charge in [0.2, 0.25) is 0 Å². The van der Waals surface area contributed by atoms with Crippen molar-refractivity contribution in [3.63, 3.8) is 0 Å². The van der Waals surface area contributed by atoms with E-state index in [-0.39, 0.29) is 0 Å². The zero-order valence-corrected chi connectivity index (χ0v) is 11.5. The van der Waals surface area contributed by atoms with Gasteiger partial charge in [-0.05, 0) is 46.0 Å². The van der Waals surface area contributed by atoms with Crippen LogP contribution in [0, 0.1) is 0 Å². The number of hydrogen-bond acceptors (Lipinski definition) is 2. The van der Waals surface area contributed by atoms with Crippen LogP contribution in [0.5, 0.6) is 0 Å². The van der Waals surface area contributed by atoms with Crippen LogP contribution in [-0.4, -0.2) is 35.1 Å². The van der Waals surface area contributed by atoms with E-state index in [1.54, 1.807) is 0 Å². The minimum atomic E-state index is 0.380. The van der Waals surface area contributed by atoms with E-state index in [0.29, 0.717) is 17.1 Å². The van der Waals surface area contributed by atoms with Crippen molar-refractivity contribution in [2.75, 3.05) is 13.1 Å². The first-order valence-electron chi connectivity index (χ1n) is 7.07. The highest BCUT2D eigenvalue weighted by atomic mass is 15.3. The third-order valence-electron chi connectivity index (χ3n) is 5.26. The normalized spacial score (nSPS) is 33.4. The van der Waals surface area contributed by atoms with Crippen LogP contribution in [0.3, 0.4) is 0 Å². The second-order valence-corrected chi connectivity index (χ2v) is 6.20. The number of rotatable bonds is 3. The molecule has 2 rings (SSSR count). The van der Waals surface area contributed by atoms with Crippen LogP contribution < -0.4 is 5.32 Å². The monoisotopic (exact) mass is 224 g/mol. The zero-order chi connectivity index (χ0) is 11.8. The lowest BCUT2D eigenvalue weighted by Gasteiger charge is -2.57. The molecule has 0 aromatic carbocycles. The van der Waals surface area contributed by atoms with Crippen molar-refractivity contribution in [1.29, 1.82) is 0 Å². The van der Waals surface area contributed by atoms with E-state index in [0.717, 1.165) is 6.54 Å². The Morgan fingerprint density at radius 1 is 1.25 bits per heavy atom. The molecule has 0 aromatic rings. The van der Waals surface area contributed by atoms with Gasteiger partial charge in [-0.1, -0.05) is 13.8 Å². The number of hydrogen-bond donors (Lipinski definition) is 1. The molecule has 1 aliphatic carbocycles. The molecule has 0 radical (unpaired) electrons. The van der Waals surface area contributed by atoms with Gasteiger partial charge in [0.25, 0.3) is 0 Å². The van der Waals surface area contributed by atoms with E-state index >= 15 is 0 Å². The highest BCUT2D eigenvalue weighted by Crippen LogP contribution is 2.40. The average molecular weight is 224 g/mol. The summed E-state index contributed by atoms with van der Waals surface area (Å²) in [5, 5.41) is 3.79. The third kappa shape index (κ3) is 1.91. The lowest BCUT2D eigenvalue weighted by molar-refractivity contribution is -0.0455. The minimum Gasteiger partial charge on any atom is -0.308 e. The van der Waals surface area contributed by atoms with E-state index in [4.69, 9.17) is 0 Å². The topological polar surface area (TPSA) is 15.3 Å². The second-order valence-electron chi connectivity index (χ2n) is 6.20. The molecule has 1 saturated carbocycles. The fourth-order valence-electron chi connectivity index (χ4n) is 3.43. The molecule has 2 aliphatic rings. The van der Waals surface area contributed by atoms with E-state index in [9.17, 15) is 0 Å². The summed E-state index contributed by atoms with van der Waals surface area (Å²) in [6, 6.07) is 0.705. The lowest BCUT2D eigenvalue weighted by Crippen LogP contribution is -2.69. The van der Waals surface area contributed by atoms with Crippen molar-refractivity contribution >= 4 is 0 Å². The fraction of sp³-hybridized carbons (Fsp3) is 1.00. The summed E-state index contributed by atoms with van der Waals surface area (Å²) < 4.78 is 0. The molecule has 0 amide bonds. The van der Waals surface area contributed by atoms with Crippen molar-refractivity contribution in [3.05, 3.63) is 0 Å². The standard InChI is InChI=1S/C14H28N2/c1-5-14(6-2)11-16(12(3)10-15-14)13(4)8-7-9-13/h12,15H,5-11H2,1-4H3. The van der Waals surface area contributed by atoms with Gasteiger partial charge in [-0.2, -0.15) is 0 Å². The van der Waals surface area contributed by atoms with Crippen LogP contribution >= 0.6 is 0 Å². The Kier molecular flexibility index (Phi) is 3.33. The molecule has 2 heteroatoms. The molecule has 1 unspecified atom stereocenters. The van der Waals surface area contributed by atoms with Gasteiger partial charge in [0, 0.05) is 30.2 Å². The summed E-state index contributed by atoms with van der Waals surface area (Å²) in [4.78, 5) is 2.79. The van der Waals surface area contributed by atoms with Gasteiger partial charge in [-0.15, -0.1) is 0 Å². The first-order valence-corrected chi connectivity index (χ1v) is 7.07. The number of nitrogens with one attached hydrogen (secondary N) is 1. The quantitative estimate of drug-likeness (QED) is 0.793. The van der Waals surface area contributed by atoms with Crippen molar-refractivity contribution in [3.8, 4) is 0 Å². The van der Waals surface area contributed by atoms with Crippen LogP contribution in [0.25, 0.3) is 0 Å². The Bertz CT molecular complexity index is 241. The van der Waals surface area contributed by atoms with Gasteiger partial charge in [0.1, 0.15) is 0 Å². The maximum atomic E-state index is 3.79. The van der Waals surface area contributed by atoms with Crippen molar-refractivity contribution < 1.29 is 0 Å². The molecule has 2 nitrogen and oxygen atoms in total. The van der Waals surface area contributed by atoms with Crippen molar-refractivity contribution in [1.82, 2.24) is 10.2 Å². The Morgan fingerprint density at radius 3 is 2.31 bits per heavy atom. The molecule has 0 aromatic heterocycles. The highest BCUT2D eigenvalue weighted by Gasteiger charge is 2.45. The highest BCUT2D eigenvalue weighted by molar-refractivity contribution is 5.04. The molecule has 0 spiro atoms. The molecule has 2 fully saturated rings. The van der Waals surface area contributed by atoms with E-state index in [1.807, 2.05) is 0 Å². The van der Waals surface area contributed by atoms with Gasteiger partial charge in [0.05, 0.1) is 0 Å². The zero-order valence-electron chi connectivity index (χ0n) is 11.5.